The fourth-order valence-corrected chi connectivity index (χ4v) is 2.87. The van der Waals surface area contributed by atoms with Gasteiger partial charge in [-0.05, 0) is 43.3 Å². The van der Waals surface area contributed by atoms with Gasteiger partial charge in [0.1, 0.15) is 0 Å². The quantitative estimate of drug-likeness (QED) is 0.759. The molecule has 1 aromatic heterocycles. The number of fused-ring (bicyclic) bond motifs is 1. The number of aromatic amines is 1. The fourth-order valence-electron chi connectivity index (χ4n) is 2.67. The number of amides is 1. The molecule has 1 saturated carbocycles. The highest BCUT2D eigenvalue weighted by Gasteiger charge is 2.25. The molecule has 2 atom stereocenters. The Bertz CT molecular complexity index is 691. The van der Waals surface area contributed by atoms with Crippen LogP contribution >= 0.6 is 12.2 Å². The predicted octanol–water partition coefficient (Wildman–Crippen LogP) is 2.38. The van der Waals surface area contributed by atoms with Crippen LogP contribution in [0.25, 0.3) is 11.1 Å². The van der Waals surface area contributed by atoms with Gasteiger partial charge in [0.05, 0.1) is 11.6 Å². The van der Waals surface area contributed by atoms with Gasteiger partial charge in [-0.2, -0.15) is 0 Å². The third-order valence-corrected chi connectivity index (χ3v) is 4.01. The van der Waals surface area contributed by atoms with Gasteiger partial charge in [0.15, 0.2) is 5.58 Å². The van der Waals surface area contributed by atoms with Crippen molar-refractivity contribution in [2.45, 2.75) is 25.4 Å². The van der Waals surface area contributed by atoms with Gasteiger partial charge in [-0.3, -0.25) is 4.79 Å². The molecular formula is C14H16N2O3S. The van der Waals surface area contributed by atoms with Crippen LogP contribution in [0.2, 0.25) is 0 Å². The Balaban J connectivity index is 1.70. The number of oxazole rings is 1. The summed E-state index contributed by atoms with van der Waals surface area (Å²) in [5, 5.41) is 12.6. The number of hydrogen-bond acceptors (Lipinski definition) is 4. The molecule has 1 aliphatic carbocycles. The van der Waals surface area contributed by atoms with Crippen LogP contribution in [-0.2, 0) is 0 Å². The van der Waals surface area contributed by atoms with Crippen LogP contribution in [0.4, 0.5) is 0 Å². The lowest BCUT2D eigenvalue weighted by Crippen LogP contribution is -2.32. The predicted molar refractivity (Wildman–Crippen MR) is 77.1 cm³/mol. The number of carbonyl (C=O) groups is 1. The molecule has 2 aromatic rings. The van der Waals surface area contributed by atoms with Gasteiger partial charge < -0.3 is 19.8 Å². The molecule has 0 radical (unpaired) electrons. The third kappa shape index (κ3) is 2.62. The monoisotopic (exact) mass is 292 g/mol. The Hall–Kier alpha value is -1.66. The van der Waals surface area contributed by atoms with Gasteiger partial charge in [0.25, 0.3) is 10.7 Å². The molecule has 6 heteroatoms. The van der Waals surface area contributed by atoms with E-state index in [1.807, 2.05) is 0 Å². The Labute approximate surface area is 121 Å². The van der Waals surface area contributed by atoms with Gasteiger partial charge in [-0.1, -0.05) is 6.42 Å². The van der Waals surface area contributed by atoms with E-state index in [-0.39, 0.29) is 17.9 Å². The molecule has 1 aromatic carbocycles. The first-order valence-corrected chi connectivity index (χ1v) is 7.13. The van der Waals surface area contributed by atoms with Crippen LogP contribution in [-0.4, -0.2) is 28.6 Å². The lowest BCUT2D eigenvalue weighted by Gasteiger charge is -2.14. The molecule has 0 bridgehead atoms. The third-order valence-electron chi connectivity index (χ3n) is 3.83. The first kappa shape index (κ1) is 13.3. The van der Waals surface area contributed by atoms with Gasteiger partial charge in [-0.25, -0.2) is 0 Å². The molecule has 3 N–H and O–H groups in total. The maximum Gasteiger partial charge on any atom is 0.266 e. The maximum absolute atomic E-state index is 12.1. The zero-order valence-electron chi connectivity index (χ0n) is 10.9. The smallest absolute Gasteiger partial charge is 0.266 e. The second kappa shape index (κ2) is 5.38. The van der Waals surface area contributed by atoms with E-state index < -0.39 is 0 Å². The zero-order valence-corrected chi connectivity index (χ0v) is 11.7. The summed E-state index contributed by atoms with van der Waals surface area (Å²) >= 11 is 4.91. The molecule has 1 aliphatic rings. The minimum Gasteiger partial charge on any atom is -0.429 e. The number of H-pyrrole nitrogens is 1. The van der Waals surface area contributed by atoms with E-state index in [1.165, 1.54) is 0 Å². The summed E-state index contributed by atoms with van der Waals surface area (Å²) in [4.78, 5) is 15.3. The largest absolute Gasteiger partial charge is 0.429 e. The number of carbonyl (C=O) groups excluding carboxylic acids is 1. The van der Waals surface area contributed by atoms with Crippen LogP contribution < -0.4 is 5.32 Å². The highest BCUT2D eigenvalue weighted by atomic mass is 32.1. The molecule has 106 valence electrons. The summed E-state index contributed by atoms with van der Waals surface area (Å²) < 4.78 is 5.29. The molecule has 0 spiro atoms. The normalized spacial score (nSPS) is 22.2. The number of nitrogens with one attached hydrogen (secondary N) is 2. The Kier molecular flexibility index (Phi) is 3.58. The van der Waals surface area contributed by atoms with Crippen LogP contribution in [0, 0.1) is 10.8 Å². The molecule has 20 heavy (non-hydrogen) atoms. The Morgan fingerprint density at radius 1 is 1.50 bits per heavy atom. The van der Waals surface area contributed by atoms with E-state index in [4.69, 9.17) is 16.6 Å². The van der Waals surface area contributed by atoms with E-state index >= 15 is 0 Å². The summed E-state index contributed by atoms with van der Waals surface area (Å²) in [7, 11) is 0. The number of aromatic nitrogens is 1. The molecule has 0 aliphatic heterocycles. The van der Waals surface area contributed by atoms with Crippen molar-refractivity contribution in [2.75, 3.05) is 6.54 Å². The van der Waals surface area contributed by atoms with Crippen molar-refractivity contribution in [3.8, 4) is 0 Å². The van der Waals surface area contributed by atoms with Gasteiger partial charge >= 0.3 is 0 Å². The maximum atomic E-state index is 12.1. The Morgan fingerprint density at radius 2 is 2.35 bits per heavy atom. The van der Waals surface area contributed by atoms with Crippen molar-refractivity contribution < 1.29 is 14.3 Å². The second-order valence-corrected chi connectivity index (χ2v) is 5.56. The van der Waals surface area contributed by atoms with Crippen molar-refractivity contribution in [3.05, 3.63) is 28.6 Å². The topological polar surface area (TPSA) is 78.3 Å². The SMILES string of the molecule is O=C(NC[C@H]1CCC[C@@H]1O)c1ccc2[nH]c(=S)oc2c1. The van der Waals surface area contributed by atoms with Gasteiger partial charge in [0, 0.05) is 18.0 Å². The minimum atomic E-state index is -0.291. The van der Waals surface area contributed by atoms with Crippen molar-refractivity contribution in [1.82, 2.24) is 10.3 Å². The molecule has 1 fully saturated rings. The van der Waals surface area contributed by atoms with Crippen LogP contribution in [0.3, 0.4) is 0 Å². The van der Waals surface area contributed by atoms with Crippen LogP contribution in [0.5, 0.6) is 0 Å². The number of aliphatic hydroxyl groups is 1. The number of rotatable bonds is 3. The summed E-state index contributed by atoms with van der Waals surface area (Å²) in [5.74, 6) is 0.00666. The van der Waals surface area contributed by atoms with Crippen molar-refractivity contribution in [1.29, 1.82) is 0 Å². The van der Waals surface area contributed by atoms with E-state index in [2.05, 4.69) is 10.3 Å². The summed E-state index contributed by atoms with van der Waals surface area (Å²) in [6.45, 7) is 0.509. The van der Waals surface area contributed by atoms with Crippen LogP contribution in [0.15, 0.2) is 22.6 Å². The van der Waals surface area contributed by atoms with Gasteiger partial charge in [0.2, 0.25) is 0 Å². The lowest BCUT2D eigenvalue weighted by atomic mass is 10.1. The molecule has 3 rings (SSSR count). The van der Waals surface area contributed by atoms with Crippen molar-refractivity contribution in [2.24, 2.45) is 5.92 Å². The number of hydrogen-bond donors (Lipinski definition) is 3. The highest BCUT2D eigenvalue weighted by Crippen LogP contribution is 2.24. The first-order chi connectivity index (χ1) is 9.63. The molecule has 1 amide bonds. The minimum absolute atomic E-state index is 0.159. The van der Waals surface area contributed by atoms with E-state index in [1.54, 1.807) is 18.2 Å². The van der Waals surface area contributed by atoms with E-state index in [0.717, 1.165) is 24.8 Å². The van der Waals surface area contributed by atoms with E-state index in [0.29, 0.717) is 22.5 Å². The summed E-state index contributed by atoms with van der Waals surface area (Å²) in [6, 6.07) is 5.17. The fraction of sp³-hybridized carbons (Fsp3) is 0.429. The molecule has 1 heterocycles. The van der Waals surface area contributed by atoms with Crippen molar-refractivity contribution >= 4 is 29.2 Å². The first-order valence-electron chi connectivity index (χ1n) is 6.72. The summed E-state index contributed by atoms with van der Waals surface area (Å²) in [5.41, 5.74) is 1.88. The summed E-state index contributed by atoms with van der Waals surface area (Å²) in [6.07, 6.45) is 2.53. The molecule has 5 nitrogen and oxygen atoms in total. The van der Waals surface area contributed by atoms with Crippen molar-refractivity contribution in [3.63, 3.8) is 0 Å². The lowest BCUT2D eigenvalue weighted by molar-refractivity contribution is 0.0917. The molecular weight excluding hydrogens is 276 g/mol. The zero-order chi connectivity index (χ0) is 14.1. The number of benzene rings is 1. The van der Waals surface area contributed by atoms with E-state index in [9.17, 15) is 9.90 Å². The molecule has 0 unspecified atom stereocenters. The van der Waals surface area contributed by atoms with Crippen LogP contribution in [0.1, 0.15) is 29.6 Å². The highest BCUT2D eigenvalue weighted by molar-refractivity contribution is 7.71. The average molecular weight is 292 g/mol. The standard InChI is InChI=1S/C14H16N2O3S/c17-11-3-1-2-9(11)7-15-13(18)8-4-5-10-12(6-8)19-14(20)16-10/h4-6,9,11,17H,1-3,7H2,(H,15,18)(H,16,20)/t9-,11+/m1/s1. The molecule has 0 saturated heterocycles. The second-order valence-electron chi connectivity index (χ2n) is 5.19. The van der Waals surface area contributed by atoms with Gasteiger partial charge in [-0.15, -0.1) is 0 Å². The average Bonchev–Trinajstić information content (AvgIpc) is 2.99. The number of aliphatic hydroxyl groups excluding tert-OH is 1. The Morgan fingerprint density at radius 3 is 3.10 bits per heavy atom.